The van der Waals surface area contributed by atoms with Crippen LogP contribution in [0.15, 0.2) is 52.3 Å². The fourth-order valence-corrected chi connectivity index (χ4v) is 5.33. The van der Waals surface area contributed by atoms with Crippen LogP contribution in [0.2, 0.25) is 0 Å². The summed E-state index contributed by atoms with van der Waals surface area (Å²) in [7, 11) is 0.606. The summed E-state index contributed by atoms with van der Waals surface area (Å²) in [5.41, 5.74) is 1.30. The molecule has 0 aliphatic carbocycles. The molecule has 0 radical (unpaired) electrons. The van der Waals surface area contributed by atoms with Gasteiger partial charge in [0.15, 0.2) is 15.0 Å². The van der Waals surface area contributed by atoms with Crippen LogP contribution in [0.3, 0.4) is 0 Å². The molecule has 6 nitrogen and oxygen atoms in total. The number of likely N-dealkylation sites (N-methyl/N-ethyl adjacent to an activating group) is 1. The molecule has 168 valence electrons. The van der Waals surface area contributed by atoms with Crippen molar-refractivity contribution in [2.24, 2.45) is 0 Å². The van der Waals surface area contributed by atoms with Gasteiger partial charge in [0.25, 0.3) is 5.91 Å². The summed E-state index contributed by atoms with van der Waals surface area (Å²) < 4.78 is 24.5. The smallest absolute Gasteiger partial charge is 0.260 e. The maximum absolute atomic E-state index is 13.4. The topological polar surface area (TPSA) is 70.6 Å². The number of hydrogen-bond donors (Lipinski definition) is 0. The molecule has 0 fully saturated rings. The van der Waals surface area contributed by atoms with Crippen LogP contribution in [0.25, 0.3) is 10.2 Å². The zero-order valence-electron chi connectivity index (χ0n) is 17.9. The summed E-state index contributed by atoms with van der Waals surface area (Å²) >= 11 is 3.02. The molecule has 2 aromatic carbocycles. The zero-order valence-corrected chi connectivity index (χ0v) is 21.1. The summed E-state index contributed by atoms with van der Waals surface area (Å²) in [6.07, 6.45) is 1.18. The molecule has 0 bridgehead atoms. The summed E-state index contributed by atoms with van der Waals surface area (Å²) in [6, 6.07) is 12.5. The molecule has 1 aromatic heterocycles. The predicted octanol–water partition coefficient (Wildman–Crippen LogP) is 4.44. The lowest BCUT2D eigenvalue weighted by atomic mass is 10.2. The third-order valence-electron chi connectivity index (χ3n) is 4.42. The highest BCUT2D eigenvalue weighted by atomic mass is 35.5. The number of thiazole rings is 1. The average Bonchev–Trinajstić information content (AvgIpc) is 3.10. The maximum Gasteiger partial charge on any atom is 0.260 e. The summed E-state index contributed by atoms with van der Waals surface area (Å²) in [4.78, 5) is 23.0. The lowest BCUT2D eigenvalue weighted by molar-refractivity contribution is 0.0985. The number of nitrogens with zero attached hydrogens (tertiary/aromatic N) is 3. The van der Waals surface area contributed by atoms with Gasteiger partial charge in [0.1, 0.15) is 0 Å². The van der Waals surface area contributed by atoms with E-state index < -0.39 is 9.84 Å². The van der Waals surface area contributed by atoms with Gasteiger partial charge < -0.3 is 4.90 Å². The number of amides is 1. The normalized spacial score (nSPS) is 11.5. The monoisotopic (exact) mass is 499 g/mol. The number of carbonyl (C=O) groups excluding carboxylic acids is 1. The number of thioether (sulfide) groups is 1. The molecule has 3 aromatic rings. The Balaban J connectivity index is 0.00000341. The van der Waals surface area contributed by atoms with Crippen LogP contribution >= 0.6 is 35.5 Å². The van der Waals surface area contributed by atoms with Crippen LogP contribution < -0.4 is 4.90 Å². The highest BCUT2D eigenvalue weighted by molar-refractivity contribution is 7.99. The van der Waals surface area contributed by atoms with Crippen molar-refractivity contribution in [2.75, 3.05) is 44.1 Å². The SMILES string of the molecule is CCSc1cccc(C(=O)N(CCN(C)C)c2nc3ccc(S(C)(=O)=O)cc3s2)c1.Cl. The minimum atomic E-state index is -3.31. The Morgan fingerprint density at radius 1 is 1.13 bits per heavy atom. The van der Waals surface area contributed by atoms with Crippen LogP contribution in [0.5, 0.6) is 0 Å². The second-order valence-corrected chi connectivity index (χ2v) is 11.5. The molecule has 0 N–H and O–H groups in total. The van der Waals surface area contributed by atoms with Crippen molar-refractivity contribution in [3.63, 3.8) is 0 Å². The molecular weight excluding hydrogens is 474 g/mol. The van der Waals surface area contributed by atoms with Gasteiger partial charge in [0, 0.05) is 29.8 Å². The Morgan fingerprint density at radius 3 is 2.52 bits per heavy atom. The lowest BCUT2D eigenvalue weighted by Gasteiger charge is -2.22. The molecule has 10 heteroatoms. The number of sulfone groups is 1. The van der Waals surface area contributed by atoms with Crippen LogP contribution in [0.1, 0.15) is 17.3 Å². The molecule has 0 unspecified atom stereocenters. The molecule has 31 heavy (non-hydrogen) atoms. The van der Waals surface area contributed by atoms with Crippen LogP contribution in [0, 0.1) is 0 Å². The Hall–Kier alpha value is -1.65. The summed E-state index contributed by atoms with van der Waals surface area (Å²) in [5, 5.41) is 0.566. The van der Waals surface area contributed by atoms with E-state index in [1.54, 1.807) is 34.9 Å². The maximum atomic E-state index is 13.4. The van der Waals surface area contributed by atoms with E-state index in [4.69, 9.17) is 0 Å². The number of rotatable bonds is 8. The van der Waals surface area contributed by atoms with Crippen LogP contribution in [-0.2, 0) is 9.84 Å². The standard InChI is InChI=1S/C21H25N3O3S3.ClH/c1-5-28-16-8-6-7-15(13-16)20(25)24(12-11-23(2)3)21-22-18-10-9-17(30(4,26)27)14-19(18)29-21;/h6-10,13-14H,5,11-12H2,1-4H3;1H. The van der Waals surface area contributed by atoms with E-state index >= 15 is 0 Å². The molecule has 1 heterocycles. The Labute approximate surface area is 198 Å². The fourth-order valence-electron chi connectivity index (χ4n) is 2.86. The summed E-state index contributed by atoms with van der Waals surface area (Å²) in [6.45, 7) is 3.24. The van der Waals surface area contributed by atoms with Crippen LogP contribution in [-0.4, -0.2) is 63.4 Å². The number of aromatic nitrogens is 1. The van der Waals surface area contributed by atoms with E-state index in [9.17, 15) is 13.2 Å². The van der Waals surface area contributed by atoms with Crippen molar-refractivity contribution in [3.05, 3.63) is 48.0 Å². The van der Waals surface area contributed by atoms with Gasteiger partial charge in [0.05, 0.1) is 15.1 Å². The largest absolute Gasteiger partial charge is 0.308 e. The van der Waals surface area contributed by atoms with Crippen molar-refractivity contribution in [2.45, 2.75) is 16.7 Å². The molecule has 0 saturated heterocycles. The first-order valence-electron chi connectivity index (χ1n) is 9.49. The van der Waals surface area contributed by atoms with Crippen molar-refractivity contribution in [1.29, 1.82) is 0 Å². The second-order valence-electron chi connectivity index (χ2n) is 7.12. The fraction of sp³-hybridized carbons (Fsp3) is 0.333. The van der Waals surface area contributed by atoms with Crippen LogP contribution in [0.4, 0.5) is 5.13 Å². The van der Waals surface area contributed by atoms with E-state index in [2.05, 4.69) is 11.9 Å². The first-order valence-corrected chi connectivity index (χ1v) is 13.2. The van der Waals surface area contributed by atoms with E-state index in [0.29, 0.717) is 29.3 Å². The number of hydrogen-bond acceptors (Lipinski definition) is 7. The number of fused-ring (bicyclic) bond motifs is 1. The van der Waals surface area contributed by atoms with Crippen molar-refractivity contribution < 1.29 is 13.2 Å². The zero-order chi connectivity index (χ0) is 21.9. The number of carbonyl (C=O) groups is 1. The Morgan fingerprint density at radius 2 is 1.87 bits per heavy atom. The first-order chi connectivity index (χ1) is 14.2. The summed E-state index contributed by atoms with van der Waals surface area (Å²) in [5.74, 6) is 0.820. The molecule has 0 atom stereocenters. The van der Waals surface area contributed by atoms with E-state index in [1.165, 1.54) is 17.6 Å². The van der Waals surface area contributed by atoms with Gasteiger partial charge in [0.2, 0.25) is 0 Å². The minimum Gasteiger partial charge on any atom is -0.308 e. The van der Waals surface area contributed by atoms with Gasteiger partial charge in [-0.1, -0.05) is 24.3 Å². The number of anilines is 1. The number of benzene rings is 2. The first kappa shape index (κ1) is 25.6. The average molecular weight is 500 g/mol. The highest BCUT2D eigenvalue weighted by Crippen LogP contribution is 2.32. The lowest BCUT2D eigenvalue weighted by Crippen LogP contribution is -2.36. The van der Waals surface area contributed by atoms with Gasteiger partial charge in [-0.3, -0.25) is 9.69 Å². The third kappa shape index (κ3) is 6.43. The van der Waals surface area contributed by atoms with E-state index in [-0.39, 0.29) is 23.2 Å². The molecule has 0 saturated carbocycles. The molecule has 0 aliphatic rings. The van der Waals surface area contributed by atoms with Gasteiger partial charge >= 0.3 is 0 Å². The quantitative estimate of drug-likeness (QED) is 0.427. The van der Waals surface area contributed by atoms with Crippen molar-refractivity contribution in [1.82, 2.24) is 9.88 Å². The van der Waals surface area contributed by atoms with Gasteiger partial charge in [-0.2, -0.15) is 0 Å². The van der Waals surface area contributed by atoms with Crippen molar-refractivity contribution in [3.8, 4) is 0 Å². The van der Waals surface area contributed by atoms with Gasteiger partial charge in [-0.05, 0) is 56.2 Å². The second kappa shape index (κ2) is 10.8. The Kier molecular flexibility index (Phi) is 8.91. The minimum absolute atomic E-state index is 0. The van der Waals surface area contributed by atoms with Gasteiger partial charge in [-0.25, -0.2) is 13.4 Å². The molecular formula is C21H26ClN3O3S3. The third-order valence-corrected chi connectivity index (χ3v) is 7.44. The molecule has 0 spiro atoms. The Bertz CT molecular complexity index is 1160. The van der Waals surface area contributed by atoms with Gasteiger partial charge in [-0.15, -0.1) is 24.2 Å². The predicted molar refractivity (Wildman–Crippen MR) is 133 cm³/mol. The highest BCUT2D eigenvalue weighted by Gasteiger charge is 2.22. The number of halogens is 1. The molecule has 0 aliphatic heterocycles. The van der Waals surface area contributed by atoms with E-state index in [1.807, 2.05) is 43.3 Å². The van der Waals surface area contributed by atoms with E-state index in [0.717, 1.165) is 15.3 Å². The van der Waals surface area contributed by atoms with Crippen molar-refractivity contribution >= 4 is 66.6 Å². The molecule has 3 rings (SSSR count). The molecule has 1 amide bonds.